The van der Waals surface area contributed by atoms with E-state index in [1.54, 1.807) is 6.07 Å². The first-order valence-electron chi connectivity index (χ1n) is 4.69. The van der Waals surface area contributed by atoms with Crippen molar-refractivity contribution in [3.05, 3.63) is 39.3 Å². The molecular weight excluding hydrogens is 274 g/mol. The van der Waals surface area contributed by atoms with E-state index in [1.807, 2.05) is 6.07 Å². The molecule has 0 aliphatic carbocycles. The van der Waals surface area contributed by atoms with E-state index in [1.165, 1.54) is 12.1 Å². The lowest BCUT2D eigenvalue weighted by atomic mass is 10.3. The molecule has 2 rings (SSSR count). The van der Waals surface area contributed by atoms with Crippen molar-refractivity contribution in [2.75, 3.05) is 5.73 Å². The Kier molecular flexibility index (Phi) is 3.50. The van der Waals surface area contributed by atoms with E-state index >= 15 is 0 Å². The van der Waals surface area contributed by atoms with Gasteiger partial charge in [-0.25, -0.2) is 9.97 Å². The molecule has 2 heterocycles. The molecule has 0 amide bonds. The largest absolute Gasteiger partial charge is 0.383 e. The van der Waals surface area contributed by atoms with Gasteiger partial charge >= 0.3 is 0 Å². The van der Waals surface area contributed by atoms with Crippen LogP contribution in [-0.2, 0) is 0 Å². The molecule has 90 valence electrons. The fourth-order valence-corrected chi connectivity index (χ4v) is 2.28. The Bertz CT molecular complexity index is 693. The van der Waals surface area contributed by atoms with Gasteiger partial charge < -0.3 is 10.7 Å². The second-order valence-corrected chi connectivity index (χ2v) is 4.60. The van der Waals surface area contributed by atoms with Crippen molar-refractivity contribution in [1.82, 2.24) is 15.0 Å². The number of halogens is 1. The zero-order chi connectivity index (χ0) is 13.1. The smallest absolute Gasteiger partial charge is 0.253 e. The Morgan fingerprint density at radius 1 is 1.39 bits per heavy atom. The molecule has 0 aromatic carbocycles. The van der Waals surface area contributed by atoms with E-state index in [0.29, 0.717) is 15.7 Å². The topological polar surface area (TPSA) is 108 Å². The van der Waals surface area contributed by atoms with Gasteiger partial charge in [0.25, 0.3) is 5.56 Å². The number of hydrogen-bond acceptors (Lipinski definition) is 6. The van der Waals surface area contributed by atoms with Crippen molar-refractivity contribution in [2.45, 2.75) is 10.2 Å². The van der Waals surface area contributed by atoms with Crippen molar-refractivity contribution < 1.29 is 0 Å². The zero-order valence-electron chi connectivity index (χ0n) is 8.85. The molecule has 0 aliphatic heterocycles. The number of nitrogen functional groups attached to an aromatic ring is 1. The number of aromatic amines is 1. The Labute approximate surface area is 111 Å². The van der Waals surface area contributed by atoms with E-state index in [0.717, 1.165) is 11.8 Å². The number of nitrogens with zero attached hydrogens (tertiary/aromatic N) is 3. The van der Waals surface area contributed by atoms with Gasteiger partial charge in [0.15, 0.2) is 5.16 Å². The molecule has 0 unspecified atom stereocenters. The average molecular weight is 280 g/mol. The molecule has 0 aliphatic rings. The molecule has 0 saturated carbocycles. The van der Waals surface area contributed by atoms with Crippen molar-refractivity contribution in [3.8, 4) is 6.07 Å². The first-order valence-corrected chi connectivity index (χ1v) is 5.88. The minimum Gasteiger partial charge on any atom is -0.383 e. The lowest BCUT2D eigenvalue weighted by Gasteiger charge is -2.01. The first kappa shape index (κ1) is 12.4. The Balaban J connectivity index is 2.37. The molecule has 0 spiro atoms. The number of nitrogens with two attached hydrogens (primary N) is 1. The van der Waals surface area contributed by atoms with E-state index in [4.69, 9.17) is 22.6 Å². The fraction of sp³-hybridized carbons (Fsp3) is 0. The van der Waals surface area contributed by atoms with Crippen LogP contribution in [0.3, 0.4) is 0 Å². The van der Waals surface area contributed by atoms with Crippen molar-refractivity contribution >= 4 is 29.2 Å². The third-order valence-corrected chi connectivity index (χ3v) is 2.84. The highest BCUT2D eigenvalue weighted by Crippen LogP contribution is 2.24. The summed E-state index contributed by atoms with van der Waals surface area (Å²) in [6.45, 7) is 0. The molecule has 3 N–H and O–H groups in total. The van der Waals surface area contributed by atoms with Crippen LogP contribution in [0, 0.1) is 11.3 Å². The van der Waals surface area contributed by atoms with E-state index in [9.17, 15) is 4.79 Å². The Morgan fingerprint density at radius 2 is 2.17 bits per heavy atom. The third kappa shape index (κ3) is 3.00. The normalized spacial score (nSPS) is 10.0. The van der Waals surface area contributed by atoms with Gasteiger partial charge in [0, 0.05) is 6.07 Å². The van der Waals surface area contributed by atoms with Gasteiger partial charge in [-0.2, -0.15) is 5.26 Å². The summed E-state index contributed by atoms with van der Waals surface area (Å²) in [4.78, 5) is 21.7. The number of aromatic nitrogens is 3. The van der Waals surface area contributed by atoms with Gasteiger partial charge in [-0.1, -0.05) is 11.6 Å². The first-order chi connectivity index (χ1) is 8.56. The highest BCUT2D eigenvalue weighted by molar-refractivity contribution is 7.99. The van der Waals surface area contributed by atoms with Gasteiger partial charge in [-0.15, -0.1) is 0 Å². The lowest BCUT2D eigenvalue weighted by Crippen LogP contribution is -2.09. The minimum absolute atomic E-state index is 0.115. The molecule has 6 nitrogen and oxygen atoms in total. The van der Waals surface area contributed by atoms with Crippen molar-refractivity contribution in [2.24, 2.45) is 0 Å². The maximum atomic E-state index is 11.2. The molecule has 0 atom stereocenters. The van der Waals surface area contributed by atoms with Crippen LogP contribution >= 0.6 is 23.4 Å². The summed E-state index contributed by atoms with van der Waals surface area (Å²) in [5.74, 6) is 0.115. The van der Waals surface area contributed by atoms with Crippen LogP contribution in [0.5, 0.6) is 0 Å². The van der Waals surface area contributed by atoms with E-state index in [-0.39, 0.29) is 16.5 Å². The predicted octanol–water partition coefficient (Wildman–Crippen LogP) is 1.42. The highest BCUT2D eigenvalue weighted by atomic mass is 35.5. The summed E-state index contributed by atoms with van der Waals surface area (Å²) in [7, 11) is 0. The fourth-order valence-electron chi connectivity index (χ4n) is 1.19. The molecule has 0 radical (unpaired) electrons. The number of rotatable bonds is 2. The third-order valence-electron chi connectivity index (χ3n) is 1.84. The maximum Gasteiger partial charge on any atom is 0.253 e. The second-order valence-electron chi connectivity index (χ2n) is 3.21. The van der Waals surface area contributed by atoms with Gasteiger partial charge in [0.2, 0.25) is 0 Å². The Morgan fingerprint density at radius 3 is 2.83 bits per heavy atom. The number of nitriles is 1. The molecule has 8 heteroatoms. The van der Waals surface area contributed by atoms with Gasteiger partial charge in [-0.3, -0.25) is 4.79 Å². The second kappa shape index (κ2) is 5.08. The SMILES string of the molecule is N#Cc1cc(Cl)nc(Sc2nc(N)cc(=O)[nH]2)c1. The molecule has 0 bridgehead atoms. The molecule has 18 heavy (non-hydrogen) atoms. The van der Waals surface area contributed by atoms with Crippen LogP contribution in [0.1, 0.15) is 5.56 Å². The summed E-state index contributed by atoms with van der Waals surface area (Å²) >= 11 is 6.83. The van der Waals surface area contributed by atoms with E-state index < -0.39 is 0 Å². The molecule has 0 saturated heterocycles. The van der Waals surface area contributed by atoms with Crippen LogP contribution in [0.2, 0.25) is 5.15 Å². The number of hydrogen-bond donors (Lipinski definition) is 2. The summed E-state index contributed by atoms with van der Waals surface area (Å²) in [6, 6.07) is 6.13. The molecule has 2 aromatic rings. The lowest BCUT2D eigenvalue weighted by molar-refractivity contribution is 0.940. The van der Waals surface area contributed by atoms with Crippen molar-refractivity contribution in [3.63, 3.8) is 0 Å². The van der Waals surface area contributed by atoms with Crippen LogP contribution in [0.15, 0.2) is 33.2 Å². The van der Waals surface area contributed by atoms with Crippen LogP contribution in [-0.4, -0.2) is 15.0 Å². The summed E-state index contributed by atoms with van der Waals surface area (Å²) < 4.78 is 0. The monoisotopic (exact) mass is 279 g/mol. The Hall–Kier alpha value is -2.04. The summed E-state index contributed by atoms with van der Waals surface area (Å²) in [5, 5.41) is 9.74. The average Bonchev–Trinajstić information content (AvgIpc) is 2.26. The summed E-state index contributed by atoms with van der Waals surface area (Å²) in [6.07, 6.45) is 0. The van der Waals surface area contributed by atoms with E-state index in [2.05, 4.69) is 15.0 Å². The number of nitrogens with one attached hydrogen (secondary N) is 1. The minimum atomic E-state index is -0.354. The molecule has 2 aromatic heterocycles. The van der Waals surface area contributed by atoms with Crippen molar-refractivity contribution in [1.29, 1.82) is 5.26 Å². The number of pyridine rings is 1. The molecule has 0 fully saturated rings. The standard InChI is InChI=1S/C10H6ClN5OS/c11-6-1-5(4-12)2-9(14-6)18-10-15-7(13)3-8(17)16-10/h1-3H,(H3,13,15,16,17). The van der Waals surface area contributed by atoms with Gasteiger partial charge in [-0.05, 0) is 23.9 Å². The predicted molar refractivity (Wildman–Crippen MR) is 67.4 cm³/mol. The van der Waals surface area contributed by atoms with Crippen LogP contribution in [0.25, 0.3) is 0 Å². The van der Waals surface area contributed by atoms with Crippen LogP contribution in [0.4, 0.5) is 5.82 Å². The number of H-pyrrole nitrogens is 1. The highest BCUT2D eigenvalue weighted by Gasteiger charge is 2.06. The quantitative estimate of drug-likeness (QED) is 0.636. The van der Waals surface area contributed by atoms with Gasteiger partial charge in [0.05, 0.1) is 11.6 Å². The maximum absolute atomic E-state index is 11.2. The van der Waals surface area contributed by atoms with Gasteiger partial charge in [0.1, 0.15) is 16.0 Å². The number of anilines is 1. The van der Waals surface area contributed by atoms with Crippen LogP contribution < -0.4 is 11.3 Å². The zero-order valence-corrected chi connectivity index (χ0v) is 10.4. The molecular formula is C10H6ClN5OS. The summed E-state index contributed by atoms with van der Waals surface area (Å²) in [5.41, 5.74) is 5.48.